The van der Waals surface area contributed by atoms with E-state index < -0.39 is 0 Å². The zero-order valence-corrected chi connectivity index (χ0v) is 16.2. The number of H-pyrrole nitrogens is 1. The van der Waals surface area contributed by atoms with Gasteiger partial charge in [0.15, 0.2) is 0 Å². The van der Waals surface area contributed by atoms with Gasteiger partial charge in [0.05, 0.1) is 13.7 Å². The van der Waals surface area contributed by atoms with E-state index in [0.29, 0.717) is 17.9 Å². The Morgan fingerprint density at radius 1 is 1.22 bits per heavy atom. The molecule has 0 aliphatic carbocycles. The number of ether oxygens (including phenoxy) is 1. The molecule has 144 valence electrons. The maximum absolute atomic E-state index is 13.8. The van der Waals surface area contributed by atoms with Gasteiger partial charge in [0.1, 0.15) is 17.2 Å². The minimum Gasteiger partial charge on any atom is -0.496 e. The monoisotopic (exact) mass is 411 g/mol. The normalized spacial score (nSPS) is 15.8. The van der Waals surface area contributed by atoms with Crippen molar-refractivity contribution in [3.63, 3.8) is 0 Å². The Labute approximate surface area is 168 Å². The van der Waals surface area contributed by atoms with Crippen molar-refractivity contribution >= 4 is 41.4 Å². The fraction of sp³-hybridized carbons (Fsp3) is 0.211. The van der Waals surface area contributed by atoms with E-state index in [2.05, 4.69) is 15.3 Å². The Balaban J connectivity index is 0.00000131. The summed E-state index contributed by atoms with van der Waals surface area (Å²) in [5, 5.41) is 13.4. The summed E-state index contributed by atoms with van der Waals surface area (Å²) < 4.78 is 19.2. The summed E-state index contributed by atoms with van der Waals surface area (Å²) in [6.07, 6.45) is 3.70. The molecule has 8 heteroatoms. The minimum absolute atomic E-state index is 0. The molecule has 2 aromatic heterocycles. The van der Waals surface area contributed by atoms with E-state index in [9.17, 15) is 9.50 Å². The van der Waals surface area contributed by atoms with Crippen molar-refractivity contribution in [3.8, 4) is 16.9 Å². The van der Waals surface area contributed by atoms with E-state index in [1.54, 1.807) is 19.4 Å². The average Bonchev–Trinajstić information content (AvgIpc) is 3.27. The highest BCUT2D eigenvalue weighted by Gasteiger charge is 2.18. The summed E-state index contributed by atoms with van der Waals surface area (Å²) in [7, 11) is 1.57. The van der Waals surface area contributed by atoms with Crippen LogP contribution >= 0.6 is 24.8 Å². The number of aliphatic hydroxyl groups is 1. The SMILES string of the molecule is COc1ccc(F)cc1-c1ccnc2[nH]c(C3=C[C@@H](CO)NC3)cc12.Cl.Cl. The number of aromatic amines is 1. The van der Waals surface area contributed by atoms with Gasteiger partial charge in [-0.2, -0.15) is 0 Å². The van der Waals surface area contributed by atoms with Crippen LogP contribution in [-0.4, -0.2) is 41.4 Å². The second-order valence-electron chi connectivity index (χ2n) is 6.01. The summed E-state index contributed by atoms with van der Waals surface area (Å²) >= 11 is 0. The number of fused-ring (bicyclic) bond motifs is 1. The maximum atomic E-state index is 13.8. The van der Waals surface area contributed by atoms with E-state index in [1.807, 2.05) is 18.2 Å². The number of aliphatic hydroxyl groups excluding tert-OH is 1. The molecular formula is C19H20Cl2FN3O2. The summed E-state index contributed by atoms with van der Waals surface area (Å²) in [6.45, 7) is 0.740. The van der Waals surface area contributed by atoms with Crippen molar-refractivity contribution in [1.29, 1.82) is 0 Å². The third-order valence-electron chi connectivity index (χ3n) is 4.48. The number of benzene rings is 1. The second kappa shape index (κ2) is 8.71. The number of pyridine rings is 1. The van der Waals surface area contributed by atoms with Gasteiger partial charge in [0.2, 0.25) is 0 Å². The van der Waals surface area contributed by atoms with Crippen LogP contribution in [0.5, 0.6) is 5.75 Å². The van der Waals surface area contributed by atoms with Crippen LogP contribution in [0, 0.1) is 5.82 Å². The highest BCUT2D eigenvalue weighted by atomic mass is 35.5. The molecule has 0 radical (unpaired) electrons. The zero-order chi connectivity index (χ0) is 17.4. The molecule has 3 heterocycles. The number of nitrogens with zero attached hydrogens (tertiary/aromatic N) is 1. The van der Waals surface area contributed by atoms with E-state index in [1.165, 1.54) is 12.1 Å². The fourth-order valence-electron chi connectivity index (χ4n) is 3.23. The molecule has 1 aromatic carbocycles. The summed E-state index contributed by atoms with van der Waals surface area (Å²) in [4.78, 5) is 7.70. The molecule has 0 unspecified atom stereocenters. The number of aromatic nitrogens is 2. The first-order chi connectivity index (χ1) is 12.2. The quantitative estimate of drug-likeness (QED) is 0.613. The van der Waals surface area contributed by atoms with E-state index in [0.717, 1.165) is 27.9 Å². The second-order valence-corrected chi connectivity index (χ2v) is 6.01. The van der Waals surface area contributed by atoms with Crippen molar-refractivity contribution in [2.24, 2.45) is 0 Å². The zero-order valence-electron chi connectivity index (χ0n) is 14.5. The standard InChI is InChI=1S/C19H18FN3O2.2ClH/c1-25-18-3-2-12(20)7-15(18)14-4-5-21-19-16(14)8-17(23-19)11-6-13(10-24)22-9-11;;/h2-8,13,22,24H,9-10H2,1H3,(H,21,23);2*1H/t13-;;/m0../s1. The molecule has 3 N–H and O–H groups in total. The Morgan fingerprint density at radius 3 is 2.74 bits per heavy atom. The van der Waals surface area contributed by atoms with Gasteiger partial charge in [0.25, 0.3) is 0 Å². The van der Waals surface area contributed by atoms with E-state index >= 15 is 0 Å². The van der Waals surface area contributed by atoms with Gasteiger partial charge >= 0.3 is 0 Å². The van der Waals surface area contributed by atoms with Gasteiger partial charge in [-0.3, -0.25) is 0 Å². The lowest BCUT2D eigenvalue weighted by Gasteiger charge is -2.09. The maximum Gasteiger partial charge on any atom is 0.138 e. The predicted octanol–water partition coefficient (Wildman–Crippen LogP) is 3.57. The van der Waals surface area contributed by atoms with Gasteiger partial charge in [0, 0.05) is 35.4 Å². The van der Waals surface area contributed by atoms with E-state index in [4.69, 9.17) is 4.74 Å². The summed E-state index contributed by atoms with van der Waals surface area (Å²) in [6, 6.07) is 8.31. The van der Waals surface area contributed by atoms with Gasteiger partial charge < -0.3 is 20.1 Å². The van der Waals surface area contributed by atoms with Gasteiger partial charge in [-0.25, -0.2) is 9.37 Å². The first-order valence-corrected chi connectivity index (χ1v) is 8.06. The molecule has 4 rings (SSSR count). The summed E-state index contributed by atoms with van der Waals surface area (Å²) in [5.74, 6) is 0.295. The van der Waals surface area contributed by atoms with Crippen molar-refractivity contribution in [1.82, 2.24) is 15.3 Å². The number of halogens is 3. The van der Waals surface area contributed by atoms with Gasteiger partial charge in [-0.05, 0) is 41.5 Å². The fourth-order valence-corrected chi connectivity index (χ4v) is 3.23. The molecule has 0 saturated carbocycles. The number of rotatable bonds is 4. The van der Waals surface area contributed by atoms with E-state index in [-0.39, 0.29) is 43.3 Å². The first-order valence-electron chi connectivity index (χ1n) is 8.06. The van der Waals surface area contributed by atoms with Gasteiger partial charge in [-0.15, -0.1) is 24.8 Å². The molecule has 1 atom stereocenters. The number of hydrogen-bond acceptors (Lipinski definition) is 4. The molecule has 0 fully saturated rings. The van der Waals surface area contributed by atoms with Crippen LogP contribution in [0.2, 0.25) is 0 Å². The van der Waals surface area contributed by atoms with Crippen LogP contribution < -0.4 is 10.1 Å². The minimum atomic E-state index is -0.315. The smallest absolute Gasteiger partial charge is 0.138 e. The number of hydrogen-bond donors (Lipinski definition) is 3. The van der Waals surface area contributed by atoms with Crippen LogP contribution in [0.1, 0.15) is 5.69 Å². The van der Waals surface area contributed by atoms with Crippen molar-refractivity contribution in [2.45, 2.75) is 6.04 Å². The lowest BCUT2D eigenvalue weighted by atomic mass is 10.0. The van der Waals surface area contributed by atoms with Crippen molar-refractivity contribution in [3.05, 3.63) is 54.1 Å². The Bertz CT molecular complexity index is 975. The third-order valence-corrected chi connectivity index (χ3v) is 4.48. The molecule has 0 saturated heterocycles. The van der Waals surface area contributed by atoms with Crippen molar-refractivity contribution in [2.75, 3.05) is 20.3 Å². The van der Waals surface area contributed by atoms with Crippen molar-refractivity contribution < 1.29 is 14.2 Å². The molecule has 5 nitrogen and oxygen atoms in total. The van der Waals surface area contributed by atoms with Crippen LogP contribution in [0.25, 0.3) is 27.7 Å². The van der Waals surface area contributed by atoms with Crippen LogP contribution in [0.3, 0.4) is 0 Å². The van der Waals surface area contributed by atoms with Crippen LogP contribution in [0.15, 0.2) is 42.6 Å². The highest BCUT2D eigenvalue weighted by Crippen LogP contribution is 2.36. The predicted molar refractivity (Wildman–Crippen MR) is 109 cm³/mol. The Kier molecular flexibility index (Phi) is 6.84. The molecule has 3 aromatic rings. The highest BCUT2D eigenvalue weighted by molar-refractivity contribution is 5.97. The lowest BCUT2D eigenvalue weighted by Crippen LogP contribution is -2.25. The largest absolute Gasteiger partial charge is 0.496 e. The third kappa shape index (κ3) is 3.94. The summed E-state index contributed by atoms with van der Waals surface area (Å²) in [5.41, 5.74) is 4.29. The molecule has 1 aliphatic rings. The molecule has 1 aliphatic heterocycles. The number of nitrogens with one attached hydrogen (secondary N) is 2. The molecule has 27 heavy (non-hydrogen) atoms. The average molecular weight is 412 g/mol. The van der Waals surface area contributed by atoms with Crippen LogP contribution in [-0.2, 0) is 0 Å². The topological polar surface area (TPSA) is 70.2 Å². The lowest BCUT2D eigenvalue weighted by molar-refractivity contribution is 0.271. The molecule has 0 amide bonds. The van der Waals surface area contributed by atoms with Crippen LogP contribution in [0.4, 0.5) is 4.39 Å². The molecule has 0 spiro atoms. The number of methoxy groups -OCH3 is 1. The first kappa shape index (κ1) is 21.2. The Morgan fingerprint density at radius 2 is 2.04 bits per heavy atom. The molecule has 0 bridgehead atoms. The van der Waals surface area contributed by atoms with Gasteiger partial charge in [-0.1, -0.05) is 6.08 Å². The Hall–Kier alpha value is -2.12. The molecular weight excluding hydrogens is 392 g/mol.